The number of benzene rings is 4. The smallest absolute Gasteiger partial charge is 0.220 e. The monoisotopic (exact) mass is 573 g/mol. The minimum Gasteiger partial charge on any atom is -0.489 e. The molecule has 6 heteroatoms. The van der Waals surface area contributed by atoms with Gasteiger partial charge < -0.3 is 19.4 Å². The third-order valence-corrected chi connectivity index (χ3v) is 8.14. The number of morpholine rings is 1. The Morgan fingerprint density at radius 3 is 2.35 bits per heavy atom. The van der Waals surface area contributed by atoms with Gasteiger partial charge in [-0.25, -0.2) is 0 Å². The van der Waals surface area contributed by atoms with Gasteiger partial charge in [0, 0.05) is 62.2 Å². The first-order valence-electron chi connectivity index (χ1n) is 15.2. The number of nitrogens with zero attached hydrogens (tertiary/aromatic N) is 2. The fraction of sp³-hybridized carbons (Fsp3) is 0.270. The van der Waals surface area contributed by atoms with Crippen LogP contribution >= 0.6 is 0 Å². The maximum atomic E-state index is 13.5. The number of amides is 1. The summed E-state index contributed by atoms with van der Waals surface area (Å²) in [6, 6.07) is 37.4. The second-order valence-electron chi connectivity index (χ2n) is 11.1. The predicted octanol–water partition coefficient (Wildman–Crippen LogP) is 6.24. The van der Waals surface area contributed by atoms with Crippen molar-refractivity contribution in [1.29, 1.82) is 0 Å². The Morgan fingerprint density at radius 2 is 1.56 bits per heavy atom. The average Bonchev–Trinajstić information content (AvgIpc) is 3.42. The Balaban J connectivity index is 1.28. The SMILES string of the molecule is O=C(CC(c1cccc(OCc2ccccc2)c1)c1cn(Cc2ccccc2)c2ccccc12)NCCN1CCOCC1. The van der Waals surface area contributed by atoms with E-state index in [1.807, 2.05) is 36.4 Å². The van der Waals surface area contributed by atoms with Crippen molar-refractivity contribution < 1.29 is 14.3 Å². The summed E-state index contributed by atoms with van der Waals surface area (Å²) in [6.45, 7) is 6.05. The van der Waals surface area contributed by atoms with Gasteiger partial charge in [0.2, 0.25) is 5.91 Å². The Labute approximate surface area is 253 Å². The van der Waals surface area contributed by atoms with E-state index >= 15 is 0 Å². The molecule has 1 N–H and O–H groups in total. The van der Waals surface area contributed by atoms with Crippen LogP contribution in [-0.2, 0) is 22.7 Å². The van der Waals surface area contributed by atoms with Crippen molar-refractivity contribution in [3.05, 3.63) is 138 Å². The fourth-order valence-electron chi connectivity index (χ4n) is 5.87. The third kappa shape index (κ3) is 7.53. The first kappa shape index (κ1) is 28.7. The highest BCUT2D eigenvalue weighted by Gasteiger charge is 2.24. The van der Waals surface area contributed by atoms with Crippen LogP contribution in [0, 0.1) is 0 Å². The predicted molar refractivity (Wildman–Crippen MR) is 171 cm³/mol. The van der Waals surface area contributed by atoms with E-state index < -0.39 is 0 Å². The zero-order valence-corrected chi connectivity index (χ0v) is 24.5. The van der Waals surface area contributed by atoms with Crippen LogP contribution in [0.4, 0.5) is 0 Å². The van der Waals surface area contributed by atoms with Crippen molar-refractivity contribution in [2.75, 3.05) is 39.4 Å². The third-order valence-electron chi connectivity index (χ3n) is 8.14. The van der Waals surface area contributed by atoms with Crippen molar-refractivity contribution in [2.45, 2.75) is 25.5 Å². The van der Waals surface area contributed by atoms with Crippen LogP contribution in [0.1, 0.15) is 34.6 Å². The second-order valence-corrected chi connectivity index (χ2v) is 11.1. The van der Waals surface area contributed by atoms with E-state index in [9.17, 15) is 4.79 Å². The van der Waals surface area contributed by atoms with Crippen LogP contribution in [0.25, 0.3) is 10.9 Å². The molecule has 6 nitrogen and oxygen atoms in total. The molecule has 1 aromatic heterocycles. The Bertz CT molecular complexity index is 1610. The largest absolute Gasteiger partial charge is 0.489 e. The van der Waals surface area contributed by atoms with Crippen LogP contribution in [0.3, 0.4) is 0 Å². The van der Waals surface area contributed by atoms with Gasteiger partial charge in [-0.2, -0.15) is 0 Å². The van der Waals surface area contributed by atoms with E-state index in [1.165, 1.54) is 10.9 Å². The van der Waals surface area contributed by atoms with Gasteiger partial charge in [0.05, 0.1) is 13.2 Å². The Morgan fingerprint density at radius 1 is 0.837 bits per heavy atom. The van der Waals surface area contributed by atoms with Crippen molar-refractivity contribution in [3.63, 3.8) is 0 Å². The lowest BCUT2D eigenvalue weighted by atomic mass is 9.88. The minimum absolute atomic E-state index is 0.0498. The molecular weight excluding hydrogens is 534 g/mol. The molecule has 1 amide bonds. The van der Waals surface area contributed by atoms with Gasteiger partial charge in [-0.1, -0.05) is 91.0 Å². The van der Waals surface area contributed by atoms with E-state index in [0.717, 1.165) is 67.3 Å². The van der Waals surface area contributed by atoms with Gasteiger partial charge in [0.1, 0.15) is 12.4 Å². The Kier molecular flexibility index (Phi) is 9.47. The molecule has 0 saturated carbocycles. The molecule has 43 heavy (non-hydrogen) atoms. The first-order chi connectivity index (χ1) is 21.2. The summed E-state index contributed by atoms with van der Waals surface area (Å²) in [5.74, 6) is 0.714. The molecule has 0 aliphatic carbocycles. The summed E-state index contributed by atoms with van der Waals surface area (Å²) in [4.78, 5) is 15.8. The molecule has 1 saturated heterocycles. The summed E-state index contributed by atoms with van der Waals surface area (Å²) in [5.41, 5.74) is 5.73. The number of hydrogen-bond acceptors (Lipinski definition) is 4. The summed E-state index contributed by atoms with van der Waals surface area (Å²) >= 11 is 0. The zero-order valence-electron chi connectivity index (χ0n) is 24.5. The first-order valence-corrected chi connectivity index (χ1v) is 15.2. The molecule has 1 aliphatic rings. The number of fused-ring (bicyclic) bond motifs is 1. The molecule has 1 fully saturated rings. The molecule has 1 unspecified atom stereocenters. The van der Waals surface area contributed by atoms with Crippen molar-refractivity contribution in [2.24, 2.45) is 0 Å². The van der Waals surface area contributed by atoms with E-state index in [1.54, 1.807) is 0 Å². The molecule has 6 rings (SSSR count). The molecule has 0 bridgehead atoms. The standard InChI is InChI=1S/C37H39N3O3/c41-37(38-18-19-39-20-22-42-23-21-39)25-34(31-14-9-15-32(24-31)43-28-30-12-5-2-6-13-30)35-27-40(26-29-10-3-1-4-11-29)36-17-8-7-16-33(35)36/h1-17,24,27,34H,18-23,25-26,28H2,(H,38,41). The summed E-state index contributed by atoms with van der Waals surface area (Å²) in [5, 5.41) is 4.36. The second kappa shape index (κ2) is 14.2. The van der Waals surface area contributed by atoms with Crippen molar-refractivity contribution in [1.82, 2.24) is 14.8 Å². The Hall–Kier alpha value is -4.39. The van der Waals surface area contributed by atoms with E-state index in [2.05, 4.69) is 93.8 Å². The topological polar surface area (TPSA) is 55.7 Å². The molecule has 0 radical (unpaired) electrons. The number of rotatable bonds is 12. The van der Waals surface area contributed by atoms with Crippen molar-refractivity contribution >= 4 is 16.8 Å². The molecule has 5 aromatic rings. The lowest BCUT2D eigenvalue weighted by Gasteiger charge is -2.26. The van der Waals surface area contributed by atoms with E-state index in [4.69, 9.17) is 9.47 Å². The van der Waals surface area contributed by atoms with Crippen LogP contribution in [0.5, 0.6) is 5.75 Å². The summed E-state index contributed by atoms with van der Waals surface area (Å²) in [7, 11) is 0. The quantitative estimate of drug-likeness (QED) is 0.192. The van der Waals surface area contributed by atoms with Gasteiger partial charge in [-0.05, 0) is 40.5 Å². The van der Waals surface area contributed by atoms with Crippen LogP contribution < -0.4 is 10.1 Å². The van der Waals surface area contributed by atoms with Gasteiger partial charge >= 0.3 is 0 Å². The molecule has 1 aliphatic heterocycles. The van der Waals surface area contributed by atoms with Gasteiger partial charge in [-0.3, -0.25) is 9.69 Å². The molecule has 0 spiro atoms. The van der Waals surface area contributed by atoms with Crippen LogP contribution in [0.15, 0.2) is 115 Å². The van der Waals surface area contributed by atoms with Crippen LogP contribution in [-0.4, -0.2) is 54.8 Å². The lowest BCUT2D eigenvalue weighted by molar-refractivity contribution is -0.121. The molecule has 4 aromatic carbocycles. The maximum absolute atomic E-state index is 13.5. The van der Waals surface area contributed by atoms with Gasteiger partial charge in [0.15, 0.2) is 0 Å². The highest BCUT2D eigenvalue weighted by molar-refractivity contribution is 5.87. The number of aromatic nitrogens is 1. The average molecular weight is 574 g/mol. The fourth-order valence-corrected chi connectivity index (χ4v) is 5.87. The summed E-state index contributed by atoms with van der Waals surface area (Å²) < 4.78 is 14.0. The number of carbonyl (C=O) groups is 1. The normalized spacial score (nSPS) is 14.4. The molecule has 1 atom stereocenters. The minimum atomic E-state index is -0.134. The van der Waals surface area contributed by atoms with Crippen molar-refractivity contribution in [3.8, 4) is 5.75 Å². The molecule has 2 heterocycles. The summed E-state index contributed by atoms with van der Waals surface area (Å²) in [6.07, 6.45) is 2.59. The number of hydrogen-bond donors (Lipinski definition) is 1. The number of para-hydroxylation sites is 1. The highest BCUT2D eigenvalue weighted by Crippen LogP contribution is 2.36. The lowest BCUT2D eigenvalue weighted by Crippen LogP contribution is -2.41. The highest BCUT2D eigenvalue weighted by atomic mass is 16.5. The van der Waals surface area contributed by atoms with E-state index in [0.29, 0.717) is 19.6 Å². The number of ether oxygens (including phenoxy) is 2. The van der Waals surface area contributed by atoms with Crippen LogP contribution in [0.2, 0.25) is 0 Å². The van der Waals surface area contributed by atoms with E-state index in [-0.39, 0.29) is 11.8 Å². The number of nitrogens with one attached hydrogen (secondary N) is 1. The molecular formula is C37H39N3O3. The zero-order chi connectivity index (χ0) is 29.3. The number of carbonyl (C=O) groups excluding carboxylic acids is 1. The van der Waals surface area contributed by atoms with Gasteiger partial charge in [-0.15, -0.1) is 0 Å². The van der Waals surface area contributed by atoms with Gasteiger partial charge in [0.25, 0.3) is 0 Å². The maximum Gasteiger partial charge on any atom is 0.220 e. The molecule has 220 valence electrons.